The average molecular weight is 362 g/mol. The summed E-state index contributed by atoms with van der Waals surface area (Å²) >= 11 is 0. The SMILES string of the molecule is COc1ccc(OC)c([C@H]2CCC[NH+]2CC(=O)N[C@@H]2CCCC[C@H]2C)c1. The topological polar surface area (TPSA) is 52.0 Å². The van der Waals surface area contributed by atoms with Crippen LogP contribution in [0.3, 0.4) is 0 Å². The predicted molar refractivity (Wildman–Crippen MR) is 102 cm³/mol. The van der Waals surface area contributed by atoms with Crippen molar-refractivity contribution in [2.24, 2.45) is 5.92 Å². The molecule has 1 unspecified atom stereocenters. The normalized spacial score (nSPS) is 28.6. The van der Waals surface area contributed by atoms with Crippen LogP contribution in [-0.2, 0) is 4.79 Å². The summed E-state index contributed by atoms with van der Waals surface area (Å²) in [6.07, 6.45) is 7.08. The van der Waals surface area contributed by atoms with Crippen molar-refractivity contribution in [3.05, 3.63) is 23.8 Å². The van der Waals surface area contributed by atoms with Crippen LogP contribution in [0.15, 0.2) is 18.2 Å². The molecular formula is C21H33N2O3+. The fraction of sp³-hybridized carbons (Fsp3) is 0.667. The summed E-state index contributed by atoms with van der Waals surface area (Å²) in [4.78, 5) is 14.0. The largest absolute Gasteiger partial charge is 0.497 e. The summed E-state index contributed by atoms with van der Waals surface area (Å²) in [6, 6.07) is 6.59. The molecule has 1 aliphatic heterocycles. The van der Waals surface area contributed by atoms with E-state index in [1.54, 1.807) is 14.2 Å². The Balaban J connectivity index is 1.67. The molecule has 1 saturated carbocycles. The summed E-state index contributed by atoms with van der Waals surface area (Å²) in [5.41, 5.74) is 1.15. The van der Waals surface area contributed by atoms with Gasteiger partial charge in [0, 0.05) is 18.9 Å². The average Bonchev–Trinajstić information content (AvgIpc) is 3.10. The van der Waals surface area contributed by atoms with Gasteiger partial charge in [-0.25, -0.2) is 0 Å². The fourth-order valence-electron chi connectivity index (χ4n) is 4.61. The Kier molecular flexibility index (Phi) is 6.41. The molecule has 0 aromatic heterocycles. The van der Waals surface area contributed by atoms with Gasteiger partial charge in [0.1, 0.15) is 17.5 Å². The van der Waals surface area contributed by atoms with Crippen LogP contribution in [0.5, 0.6) is 11.5 Å². The molecule has 5 nitrogen and oxygen atoms in total. The number of likely N-dealkylation sites (tertiary alicyclic amines) is 1. The smallest absolute Gasteiger partial charge is 0.275 e. The van der Waals surface area contributed by atoms with Crippen molar-refractivity contribution in [2.45, 2.75) is 57.5 Å². The van der Waals surface area contributed by atoms with Gasteiger partial charge < -0.3 is 19.7 Å². The molecule has 1 saturated heterocycles. The van der Waals surface area contributed by atoms with Crippen molar-refractivity contribution in [2.75, 3.05) is 27.3 Å². The summed E-state index contributed by atoms with van der Waals surface area (Å²) in [6.45, 7) is 3.82. The molecule has 0 spiro atoms. The van der Waals surface area contributed by atoms with E-state index < -0.39 is 0 Å². The molecule has 1 aromatic rings. The Hall–Kier alpha value is -1.75. The van der Waals surface area contributed by atoms with Crippen molar-refractivity contribution in [3.63, 3.8) is 0 Å². The molecule has 26 heavy (non-hydrogen) atoms. The van der Waals surface area contributed by atoms with Gasteiger partial charge in [-0.3, -0.25) is 4.79 Å². The van der Waals surface area contributed by atoms with E-state index >= 15 is 0 Å². The van der Waals surface area contributed by atoms with Crippen LogP contribution in [0.25, 0.3) is 0 Å². The van der Waals surface area contributed by atoms with E-state index in [1.807, 2.05) is 12.1 Å². The van der Waals surface area contributed by atoms with Gasteiger partial charge in [0.05, 0.1) is 26.3 Å². The highest BCUT2D eigenvalue weighted by molar-refractivity contribution is 5.77. The van der Waals surface area contributed by atoms with Gasteiger partial charge >= 0.3 is 0 Å². The van der Waals surface area contributed by atoms with Crippen LogP contribution in [-0.4, -0.2) is 39.3 Å². The summed E-state index contributed by atoms with van der Waals surface area (Å²) in [5, 5.41) is 3.30. The van der Waals surface area contributed by atoms with Crippen LogP contribution in [0, 0.1) is 5.92 Å². The lowest BCUT2D eigenvalue weighted by Gasteiger charge is -2.30. The number of quaternary nitrogens is 1. The predicted octanol–water partition coefficient (Wildman–Crippen LogP) is 2.12. The molecule has 5 heteroatoms. The van der Waals surface area contributed by atoms with Crippen LogP contribution < -0.4 is 19.7 Å². The minimum Gasteiger partial charge on any atom is -0.497 e. The van der Waals surface area contributed by atoms with E-state index in [4.69, 9.17) is 9.47 Å². The number of rotatable bonds is 6. The highest BCUT2D eigenvalue weighted by Crippen LogP contribution is 2.31. The number of carbonyl (C=O) groups is 1. The van der Waals surface area contributed by atoms with E-state index in [0.29, 0.717) is 18.5 Å². The number of hydrogen-bond acceptors (Lipinski definition) is 3. The van der Waals surface area contributed by atoms with Gasteiger partial charge in [0.25, 0.3) is 5.91 Å². The zero-order valence-electron chi connectivity index (χ0n) is 16.3. The fourth-order valence-corrected chi connectivity index (χ4v) is 4.61. The first-order valence-electron chi connectivity index (χ1n) is 9.98. The summed E-state index contributed by atoms with van der Waals surface area (Å²) < 4.78 is 11.0. The second kappa shape index (κ2) is 8.76. The lowest BCUT2D eigenvalue weighted by atomic mass is 9.86. The molecule has 0 bridgehead atoms. The van der Waals surface area contributed by atoms with Crippen molar-refractivity contribution >= 4 is 5.91 Å². The monoisotopic (exact) mass is 361 g/mol. The zero-order valence-corrected chi connectivity index (χ0v) is 16.3. The van der Waals surface area contributed by atoms with E-state index in [-0.39, 0.29) is 11.9 Å². The minimum atomic E-state index is 0.188. The molecular weight excluding hydrogens is 328 g/mol. The van der Waals surface area contributed by atoms with E-state index in [9.17, 15) is 4.79 Å². The van der Waals surface area contributed by atoms with E-state index in [1.165, 1.54) is 24.2 Å². The molecule has 2 N–H and O–H groups in total. The van der Waals surface area contributed by atoms with Crippen LogP contribution >= 0.6 is 0 Å². The second-order valence-corrected chi connectivity index (χ2v) is 7.82. The number of nitrogens with one attached hydrogen (secondary N) is 2. The van der Waals surface area contributed by atoms with Crippen LogP contribution in [0.1, 0.15) is 57.1 Å². The number of methoxy groups -OCH3 is 2. The standard InChI is InChI=1S/C21H32N2O3/c1-15-7-4-5-8-18(15)22-21(24)14-23-12-6-9-19(23)17-13-16(25-2)10-11-20(17)26-3/h10-11,13,15,18-19H,4-9,12,14H2,1-3H3,(H,22,24)/p+1/t15-,18-,19-/m1/s1. The third-order valence-corrected chi connectivity index (χ3v) is 6.14. The maximum Gasteiger partial charge on any atom is 0.275 e. The lowest BCUT2D eigenvalue weighted by molar-refractivity contribution is -0.910. The first kappa shape index (κ1) is 19.0. The molecule has 1 aliphatic carbocycles. The highest BCUT2D eigenvalue weighted by atomic mass is 16.5. The first-order chi connectivity index (χ1) is 12.6. The van der Waals surface area contributed by atoms with Gasteiger partial charge in [-0.15, -0.1) is 0 Å². The maximum atomic E-state index is 12.7. The zero-order chi connectivity index (χ0) is 18.5. The van der Waals surface area contributed by atoms with Gasteiger partial charge in [-0.05, 0) is 37.0 Å². The Bertz CT molecular complexity index is 619. The Morgan fingerprint density at radius 3 is 2.69 bits per heavy atom. The number of amides is 1. The highest BCUT2D eigenvalue weighted by Gasteiger charge is 2.34. The van der Waals surface area contributed by atoms with E-state index in [0.717, 1.165) is 42.9 Å². The molecule has 0 radical (unpaired) electrons. The second-order valence-electron chi connectivity index (χ2n) is 7.82. The Morgan fingerprint density at radius 2 is 1.96 bits per heavy atom. The van der Waals surface area contributed by atoms with E-state index in [2.05, 4.69) is 18.3 Å². The third kappa shape index (κ3) is 4.32. The van der Waals surface area contributed by atoms with Gasteiger partial charge in [-0.2, -0.15) is 0 Å². The van der Waals surface area contributed by atoms with Crippen LogP contribution in [0.2, 0.25) is 0 Å². The molecule has 4 atom stereocenters. The van der Waals surface area contributed by atoms with Crippen molar-refractivity contribution in [1.82, 2.24) is 5.32 Å². The number of hydrogen-bond donors (Lipinski definition) is 2. The van der Waals surface area contributed by atoms with Crippen molar-refractivity contribution in [1.29, 1.82) is 0 Å². The Morgan fingerprint density at radius 1 is 1.15 bits per heavy atom. The number of ether oxygens (including phenoxy) is 2. The number of benzene rings is 1. The van der Waals surface area contributed by atoms with Gasteiger partial charge in [-0.1, -0.05) is 19.8 Å². The first-order valence-corrected chi connectivity index (χ1v) is 9.98. The quantitative estimate of drug-likeness (QED) is 0.816. The van der Waals surface area contributed by atoms with Crippen molar-refractivity contribution in [3.8, 4) is 11.5 Å². The Labute approximate surface area is 157 Å². The summed E-state index contributed by atoms with van der Waals surface area (Å²) in [7, 11) is 3.39. The lowest BCUT2D eigenvalue weighted by Crippen LogP contribution is -3.11. The molecule has 144 valence electrons. The molecule has 2 aliphatic rings. The van der Waals surface area contributed by atoms with Gasteiger partial charge in [0.15, 0.2) is 6.54 Å². The molecule has 2 fully saturated rings. The molecule has 1 heterocycles. The molecule has 3 rings (SSSR count). The third-order valence-electron chi connectivity index (χ3n) is 6.14. The number of carbonyl (C=O) groups excluding carboxylic acids is 1. The maximum absolute atomic E-state index is 12.7. The van der Waals surface area contributed by atoms with Gasteiger partial charge in [0.2, 0.25) is 0 Å². The molecule has 1 amide bonds. The summed E-state index contributed by atoms with van der Waals surface area (Å²) in [5.74, 6) is 2.51. The van der Waals surface area contributed by atoms with Crippen LogP contribution in [0.4, 0.5) is 0 Å². The van der Waals surface area contributed by atoms with Crippen molar-refractivity contribution < 1.29 is 19.2 Å². The minimum absolute atomic E-state index is 0.188. The molecule has 1 aromatic carbocycles.